The van der Waals surface area contributed by atoms with E-state index in [9.17, 15) is 0 Å². The Hall–Kier alpha value is -0.570. The molecule has 0 aromatic heterocycles. The molecule has 1 aromatic rings. The fourth-order valence-electron chi connectivity index (χ4n) is 2.70. The van der Waals surface area contributed by atoms with Gasteiger partial charge < -0.3 is 20.1 Å². The zero-order chi connectivity index (χ0) is 16.7. The van der Waals surface area contributed by atoms with Gasteiger partial charge in [0.15, 0.2) is 5.96 Å². The Labute approximate surface area is 166 Å². The van der Waals surface area contributed by atoms with Gasteiger partial charge in [-0.25, -0.2) is 0 Å². The number of rotatable bonds is 6. The van der Waals surface area contributed by atoms with Gasteiger partial charge in [-0.15, -0.1) is 24.0 Å². The molecule has 0 saturated carbocycles. The fraction of sp³-hybridized carbons (Fsp3) is 0.588. The van der Waals surface area contributed by atoms with Crippen molar-refractivity contribution in [3.63, 3.8) is 0 Å². The van der Waals surface area contributed by atoms with Crippen LogP contribution in [-0.4, -0.2) is 45.4 Å². The molecule has 0 spiro atoms. The maximum absolute atomic E-state index is 6.05. The van der Waals surface area contributed by atoms with Crippen molar-refractivity contribution in [1.82, 2.24) is 10.6 Å². The van der Waals surface area contributed by atoms with Gasteiger partial charge in [-0.3, -0.25) is 4.99 Å². The quantitative estimate of drug-likeness (QED) is 0.383. The number of benzene rings is 1. The molecule has 1 fully saturated rings. The smallest absolute Gasteiger partial charge is 0.191 e. The molecule has 0 radical (unpaired) electrons. The third kappa shape index (κ3) is 6.38. The van der Waals surface area contributed by atoms with Crippen molar-refractivity contribution in [1.29, 1.82) is 0 Å². The number of hydrogen-bond acceptors (Lipinski definition) is 3. The zero-order valence-electron chi connectivity index (χ0n) is 14.5. The predicted octanol–water partition coefficient (Wildman–Crippen LogP) is 3.38. The van der Waals surface area contributed by atoms with Crippen molar-refractivity contribution in [2.45, 2.75) is 31.5 Å². The molecule has 2 unspecified atom stereocenters. The Balaban J connectivity index is 0.00000288. The van der Waals surface area contributed by atoms with Gasteiger partial charge >= 0.3 is 0 Å². The monoisotopic (exact) mass is 467 g/mol. The highest BCUT2D eigenvalue weighted by Gasteiger charge is 2.29. The lowest BCUT2D eigenvalue weighted by Crippen LogP contribution is -2.46. The van der Waals surface area contributed by atoms with Crippen molar-refractivity contribution >= 4 is 41.5 Å². The molecule has 0 amide bonds. The van der Waals surface area contributed by atoms with Gasteiger partial charge in [-0.05, 0) is 37.5 Å². The molecule has 0 aliphatic carbocycles. The summed E-state index contributed by atoms with van der Waals surface area (Å²) in [6.07, 6.45) is 2.09. The lowest BCUT2D eigenvalue weighted by molar-refractivity contribution is 0.0242. The van der Waals surface area contributed by atoms with Crippen LogP contribution < -0.4 is 10.6 Å². The molecule has 1 saturated heterocycles. The molecule has 1 heterocycles. The molecule has 1 aliphatic rings. The summed E-state index contributed by atoms with van der Waals surface area (Å²) in [6.45, 7) is 4.31. The van der Waals surface area contributed by atoms with Crippen LogP contribution in [-0.2, 0) is 9.47 Å². The van der Waals surface area contributed by atoms with E-state index in [1.807, 2.05) is 24.3 Å². The Morgan fingerprint density at radius 1 is 1.46 bits per heavy atom. The summed E-state index contributed by atoms with van der Waals surface area (Å²) in [5.41, 5.74) is 0.930. The van der Waals surface area contributed by atoms with Crippen LogP contribution in [0.4, 0.5) is 0 Å². The summed E-state index contributed by atoms with van der Waals surface area (Å²) in [6, 6.07) is 7.70. The summed E-state index contributed by atoms with van der Waals surface area (Å²) in [4.78, 5) is 4.25. The van der Waals surface area contributed by atoms with E-state index in [1.54, 1.807) is 14.2 Å². The van der Waals surface area contributed by atoms with Gasteiger partial charge in [0, 0.05) is 38.9 Å². The predicted molar refractivity (Wildman–Crippen MR) is 110 cm³/mol. The van der Waals surface area contributed by atoms with E-state index in [-0.39, 0.29) is 35.7 Å². The summed E-state index contributed by atoms with van der Waals surface area (Å²) in [5, 5.41) is 7.33. The maximum Gasteiger partial charge on any atom is 0.191 e. The Morgan fingerprint density at radius 3 is 2.83 bits per heavy atom. The first-order chi connectivity index (χ1) is 11.1. The molecule has 24 heavy (non-hydrogen) atoms. The van der Waals surface area contributed by atoms with Crippen LogP contribution in [0.25, 0.3) is 0 Å². The highest BCUT2D eigenvalue weighted by Crippen LogP contribution is 2.24. The van der Waals surface area contributed by atoms with Gasteiger partial charge in [0.05, 0.1) is 11.7 Å². The second-order valence-corrected chi connectivity index (χ2v) is 6.42. The van der Waals surface area contributed by atoms with E-state index in [1.165, 1.54) is 0 Å². The lowest BCUT2D eigenvalue weighted by atomic mass is 10.0. The molecule has 2 N–H and O–H groups in total. The number of nitrogens with one attached hydrogen (secondary N) is 2. The van der Waals surface area contributed by atoms with E-state index >= 15 is 0 Å². The second-order valence-electron chi connectivity index (χ2n) is 5.99. The maximum atomic E-state index is 6.05. The number of ether oxygens (including phenoxy) is 2. The highest BCUT2D eigenvalue weighted by atomic mass is 127. The SMILES string of the molecule is CN=C(NCC(OC)c1cccc(Cl)c1)NCC1(C)CCCO1.I. The summed E-state index contributed by atoms with van der Waals surface area (Å²) >= 11 is 6.05. The molecule has 1 aliphatic heterocycles. The molecule has 7 heteroatoms. The van der Waals surface area contributed by atoms with Crippen LogP contribution >= 0.6 is 35.6 Å². The first kappa shape index (κ1) is 21.5. The van der Waals surface area contributed by atoms with Gasteiger partial charge in [0.1, 0.15) is 0 Å². The van der Waals surface area contributed by atoms with E-state index in [4.69, 9.17) is 21.1 Å². The van der Waals surface area contributed by atoms with Gasteiger partial charge in [-0.2, -0.15) is 0 Å². The van der Waals surface area contributed by atoms with Crippen LogP contribution in [0, 0.1) is 0 Å². The van der Waals surface area contributed by atoms with Gasteiger partial charge in [0.2, 0.25) is 0 Å². The van der Waals surface area contributed by atoms with E-state index < -0.39 is 0 Å². The van der Waals surface area contributed by atoms with Crippen molar-refractivity contribution in [3.8, 4) is 0 Å². The van der Waals surface area contributed by atoms with Crippen LogP contribution in [0.1, 0.15) is 31.4 Å². The molecule has 5 nitrogen and oxygen atoms in total. The molecule has 2 atom stereocenters. The van der Waals surface area contributed by atoms with E-state index in [0.29, 0.717) is 11.6 Å². The number of nitrogens with zero attached hydrogens (tertiary/aromatic N) is 1. The lowest BCUT2D eigenvalue weighted by Gasteiger charge is -2.25. The largest absolute Gasteiger partial charge is 0.375 e. The van der Waals surface area contributed by atoms with Crippen LogP contribution in [0.15, 0.2) is 29.3 Å². The summed E-state index contributed by atoms with van der Waals surface area (Å²) in [5.74, 6) is 0.741. The number of guanidine groups is 1. The van der Waals surface area contributed by atoms with Crippen LogP contribution in [0.2, 0.25) is 5.02 Å². The summed E-state index contributed by atoms with van der Waals surface area (Å²) in [7, 11) is 3.45. The Bertz CT molecular complexity index is 536. The average molecular weight is 468 g/mol. The number of halogens is 2. The van der Waals surface area contributed by atoms with E-state index in [0.717, 1.165) is 37.5 Å². The number of methoxy groups -OCH3 is 1. The highest BCUT2D eigenvalue weighted by molar-refractivity contribution is 14.0. The summed E-state index contributed by atoms with van der Waals surface area (Å²) < 4.78 is 11.3. The van der Waals surface area contributed by atoms with Crippen molar-refractivity contribution in [2.75, 3.05) is 33.9 Å². The third-order valence-electron chi connectivity index (χ3n) is 4.11. The number of aliphatic imine (C=N–C) groups is 1. The molecular formula is C17H27ClIN3O2. The minimum absolute atomic E-state index is 0. The fourth-order valence-corrected chi connectivity index (χ4v) is 2.90. The average Bonchev–Trinajstić information content (AvgIpc) is 2.98. The van der Waals surface area contributed by atoms with Gasteiger partial charge in [-0.1, -0.05) is 23.7 Å². The van der Waals surface area contributed by atoms with Crippen LogP contribution in [0.5, 0.6) is 0 Å². The van der Waals surface area contributed by atoms with E-state index in [2.05, 4.69) is 22.5 Å². The van der Waals surface area contributed by atoms with Crippen molar-refractivity contribution in [2.24, 2.45) is 4.99 Å². The molecule has 136 valence electrons. The minimum atomic E-state index is -0.106. The topological polar surface area (TPSA) is 54.9 Å². The minimum Gasteiger partial charge on any atom is -0.375 e. The first-order valence-electron chi connectivity index (χ1n) is 7.93. The third-order valence-corrected chi connectivity index (χ3v) is 4.35. The van der Waals surface area contributed by atoms with Crippen molar-refractivity contribution in [3.05, 3.63) is 34.9 Å². The first-order valence-corrected chi connectivity index (χ1v) is 8.31. The molecule has 1 aromatic carbocycles. The van der Waals surface area contributed by atoms with Gasteiger partial charge in [0.25, 0.3) is 0 Å². The standard InChI is InChI=1S/C17H26ClN3O2.HI/c1-17(8-5-9-23-17)12-21-16(19-2)20-11-15(22-3)13-6-4-7-14(18)10-13;/h4,6-7,10,15H,5,8-9,11-12H2,1-3H3,(H2,19,20,21);1H. The molecule has 0 bridgehead atoms. The number of hydrogen-bond donors (Lipinski definition) is 2. The zero-order valence-corrected chi connectivity index (χ0v) is 17.6. The molecule has 2 rings (SSSR count). The molecular weight excluding hydrogens is 441 g/mol. The second kappa shape index (κ2) is 10.4. The van der Waals surface area contributed by atoms with Crippen LogP contribution in [0.3, 0.4) is 0 Å². The Morgan fingerprint density at radius 2 is 2.25 bits per heavy atom. The Kier molecular flexibility index (Phi) is 9.33. The normalized spacial score (nSPS) is 21.9. The van der Waals surface area contributed by atoms with Crippen molar-refractivity contribution < 1.29 is 9.47 Å².